The highest BCUT2D eigenvalue weighted by Crippen LogP contribution is 2.44. The lowest BCUT2D eigenvalue weighted by atomic mass is 9.79. The summed E-state index contributed by atoms with van der Waals surface area (Å²) in [6, 6.07) is 0. The molecule has 3 fully saturated rings. The van der Waals surface area contributed by atoms with Crippen LogP contribution in [-0.2, 0) is 19.1 Å². The number of nitrogens with one attached hydrogen (secondary N) is 1. The molecular weight excluding hydrogens is 440 g/mol. The van der Waals surface area contributed by atoms with Crippen LogP contribution in [0.15, 0.2) is 0 Å². The van der Waals surface area contributed by atoms with Gasteiger partial charge in [-0.1, -0.05) is 25.7 Å². The van der Waals surface area contributed by atoms with Crippen LogP contribution < -0.4 is 5.32 Å². The summed E-state index contributed by atoms with van der Waals surface area (Å²) in [4.78, 5) is 27.9. The maximum Gasteiger partial charge on any atom is 0.310 e. The minimum Gasteiger partial charge on any atom is -0.465 e. The lowest BCUT2D eigenvalue weighted by Gasteiger charge is -2.37. The first-order valence-corrected chi connectivity index (χ1v) is 13.9. The molecule has 1 saturated carbocycles. The van der Waals surface area contributed by atoms with Gasteiger partial charge in [0.05, 0.1) is 25.0 Å². The molecule has 202 valence electrons. The fourth-order valence-corrected chi connectivity index (χ4v) is 7.09. The van der Waals surface area contributed by atoms with Gasteiger partial charge < -0.3 is 14.8 Å². The van der Waals surface area contributed by atoms with E-state index in [2.05, 4.69) is 72.7 Å². The van der Waals surface area contributed by atoms with Gasteiger partial charge in [-0.2, -0.15) is 0 Å². The number of carbonyl (C=O) groups excluding carboxylic acids is 2. The number of carbonyl (C=O) groups is 2. The van der Waals surface area contributed by atoms with Crippen molar-refractivity contribution in [2.24, 2.45) is 23.7 Å². The topological polar surface area (TPSA) is 67.9 Å². The van der Waals surface area contributed by atoms with E-state index in [1.54, 1.807) is 0 Å². The minimum atomic E-state index is -0.220. The number of hydrogen-bond acceptors (Lipinski definition) is 6. The molecule has 0 aromatic rings. The molecule has 2 unspecified atom stereocenters. The van der Waals surface area contributed by atoms with Gasteiger partial charge in [0.2, 0.25) is 0 Å². The zero-order valence-corrected chi connectivity index (χ0v) is 24.0. The summed E-state index contributed by atoms with van der Waals surface area (Å²) in [5, 5.41) is 3.56. The van der Waals surface area contributed by atoms with Gasteiger partial charge in [0, 0.05) is 22.2 Å². The summed E-state index contributed by atoms with van der Waals surface area (Å²) >= 11 is 0. The van der Waals surface area contributed by atoms with E-state index < -0.39 is 0 Å². The van der Waals surface area contributed by atoms with Crippen LogP contribution in [0.1, 0.15) is 107 Å². The molecule has 35 heavy (non-hydrogen) atoms. The first-order chi connectivity index (χ1) is 16.1. The fraction of sp³-hybridized carbons (Fsp3) is 0.931. The van der Waals surface area contributed by atoms with Gasteiger partial charge in [-0.25, -0.2) is 0 Å². The molecule has 3 aliphatic rings. The van der Waals surface area contributed by atoms with E-state index in [9.17, 15) is 9.59 Å². The van der Waals surface area contributed by atoms with Crippen LogP contribution in [0, 0.1) is 23.7 Å². The Morgan fingerprint density at radius 1 is 0.771 bits per heavy atom. The fourth-order valence-electron chi connectivity index (χ4n) is 7.09. The second-order valence-corrected chi connectivity index (χ2v) is 14.1. The summed E-state index contributed by atoms with van der Waals surface area (Å²) in [6.45, 7) is 18.3. The first-order valence-electron chi connectivity index (χ1n) is 13.9. The number of likely N-dealkylation sites (tertiary alicyclic amines) is 1. The molecule has 2 atom stereocenters. The quantitative estimate of drug-likeness (QED) is 0.462. The molecule has 0 spiro atoms. The Balaban J connectivity index is 1.32. The average Bonchev–Trinajstić information content (AvgIpc) is 3.08. The molecule has 2 heterocycles. The van der Waals surface area contributed by atoms with E-state index in [1.807, 2.05) is 0 Å². The van der Waals surface area contributed by atoms with Crippen molar-refractivity contribution in [3.8, 4) is 0 Å². The van der Waals surface area contributed by atoms with E-state index in [4.69, 9.17) is 9.47 Å². The Morgan fingerprint density at radius 2 is 1.23 bits per heavy atom. The van der Waals surface area contributed by atoms with Crippen LogP contribution in [0.25, 0.3) is 0 Å². The highest BCUT2D eigenvalue weighted by atomic mass is 16.5. The molecule has 6 heteroatoms. The van der Waals surface area contributed by atoms with Crippen LogP contribution in [0.3, 0.4) is 0 Å². The van der Waals surface area contributed by atoms with Gasteiger partial charge in [-0.3, -0.25) is 14.5 Å². The molecule has 0 bridgehead atoms. The van der Waals surface area contributed by atoms with Crippen molar-refractivity contribution in [1.82, 2.24) is 10.2 Å². The Kier molecular flexibility index (Phi) is 8.38. The molecule has 0 aromatic heterocycles. The molecular formula is C29H52N2O4. The summed E-state index contributed by atoms with van der Waals surface area (Å²) in [7, 11) is 2.11. The summed E-state index contributed by atoms with van der Waals surface area (Å²) in [5.41, 5.74) is -0.412. The predicted molar refractivity (Wildman–Crippen MR) is 140 cm³/mol. The number of hydrogen-bond donors (Lipinski definition) is 1. The van der Waals surface area contributed by atoms with E-state index in [1.165, 1.54) is 25.7 Å². The number of rotatable bonds is 8. The SMILES string of the molecule is CN1C(C)(C)CC(C(=O)OCCC2CCC(CCOC(=O)C3CC(C)(C)NC3(C)C)CC2)C1(C)C. The van der Waals surface area contributed by atoms with Gasteiger partial charge >= 0.3 is 11.9 Å². The molecule has 0 amide bonds. The third kappa shape index (κ3) is 6.60. The van der Waals surface area contributed by atoms with E-state index in [0.29, 0.717) is 25.0 Å². The van der Waals surface area contributed by atoms with E-state index in [0.717, 1.165) is 25.7 Å². The second kappa shape index (κ2) is 10.3. The highest BCUT2D eigenvalue weighted by molar-refractivity contribution is 5.75. The van der Waals surface area contributed by atoms with Crippen LogP contribution in [0.5, 0.6) is 0 Å². The molecule has 1 aliphatic carbocycles. The van der Waals surface area contributed by atoms with E-state index in [-0.39, 0.29) is 45.9 Å². The summed E-state index contributed by atoms with van der Waals surface area (Å²) < 4.78 is 11.5. The predicted octanol–water partition coefficient (Wildman–Crippen LogP) is 5.34. The standard InChI is InChI=1S/C29H52N2O4/c1-26(2)18-22(28(5,6)30-26)24(32)34-16-14-20-10-12-21(13-11-20)15-17-35-25(33)23-19-27(3,4)31(9)29(23,7)8/h20-23,30H,10-19H2,1-9H3. The van der Waals surface area contributed by atoms with Crippen molar-refractivity contribution >= 4 is 11.9 Å². The Bertz CT molecular complexity index is 765. The Hall–Kier alpha value is -1.14. The van der Waals surface area contributed by atoms with Gasteiger partial charge in [0.25, 0.3) is 0 Å². The van der Waals surface area contributed by atoms with Gasteiger partial charge in [-0.15, -0.1) is 0 Å². The monoisotopic (exact) mass is 492 g/mol. The largest absolute Gasteiger partial charge is 0.465 e. The Morgan fingerprint density at radius 3 is 1.60 bits per heavy atom. The zero-order valence-electron chi connectivity index (χ0n) is 24.0. The lowest BCUT2D eigenvalue weighted by Crippen LogP contribution is -2.48. The third-order valence-electron chi connectivity index (χ3n) is 9.65. The summed E-state index contributed by atoms with van der Waals surface area (Å²) in [5.74, 6) is 1.01. The van der Waals surface area contributed by atoms with Crippen molar-refractivity contribution in [3.05, 3.63) is 0 Å². The van der Waals surface area contributed by atoms with Crippen molar-refractivity contribution in [1.29, 1.82) is 0 Å². The zero-order chi connectivity index (χ0) is 26.2. The Labute approximate surface area is 214 Å². The molecule has 0 radical (unpaired) electrons. The molecule has 1 N–H and O–H groups in total. The number of ether oxygens (including phenoxy) is 2. The molecule has 2 saturated heterocycles. The van der Waals surface area contributed by atoms with Crippen molar-refractivity contribution in [2.45, 2.75) is 129 Å². The van der Waals surface area contributed by atoms with Gasteiger partial charge in [0.15, 0.2) is 0 Å². The molecule has 3 rings (SSSR count). The maximum absolute atomic E-state index is 12.8. The van der Waals surface area contributed by atoms with E-state index >= 15 is 0 Å². The highest BCUT2D eigenvalue weighted by Gasteiger charge is 2.53. The lowest BCUT2D eigenvalue weighted by molar-refractivity contribution is -0.152. The van der Waals surface area contributed by atoms with Crippen LogP contribution in [0.4, 0.5) is 0 Å². The van der Waals surface area contributed by atoms with Crippen molar-refractivity contribution < 1.29 is 19.1 Å². The van der Waals surface area contributed by atoms with Crippen LogP contribution >= 0.6 is 0 Å². The minimum absolute atomic E-state index is 0.0146. The third-order valence-corrected chi connectivity index (χ3v) is 9.65. The van der Waals surface area contributed by atoms with Crippen LogP contribution in [0.2, 0.25) is 0 Å². The summed E-state index contributed by atoms with van der Waals surface area (Å²) in [6.07, 6.45) is 8.28. The molecule has 0 aromatic carbocycles. The second-order valence-electron chi connectivity index (χ2n) is 14.1. The van der Waals surface area contributed by atoms with Crippen LogP contribution in [-0.4, -0.2) is 59.3 Å². The molecule has 6 nitrogen and oxygen atoms in total. The smallest absolute Gasteiger partial charge is 0.310 e. The maximum atomic E-state index is 12.8. The normalized spacial score (nSPS) is 33.4. The average molecular weight is 493 g/mol. The number of esters is 2. The van der Waals surface area contributed by atoms with Gasteiger partial charge in [-0.05, 0) is 100.0 Å². The van der Waals surface area contributed by atoms with Gasteiger partial charge in [0.1, 0.15) is 0 Å². The molecule has 2 aliphatic heterocycles. The number of nitrogens with zero attached hydrogens (tertiary/aromatic N) is 1. The first kappa shape index (κ1) is 28.4. The van der Waals surface area contributed by atoms with Crippen molar-refractivity contribution in [3.63, 3.8) is 0 Å². The van der Waals surface area contributed by atoms with Crippen molar-refractivity contribution in [2.75, 3.05) is 20.3 Å².